The van der Waals surface area contributed by atoms with E-state index in [4.69, 9.17) is 4.74 Å². The summed E-state index contributed by atoms with van der Waals surface area (Å²) in [6.45, 7) is 7.28. The van der Waals surface area contributed by atoms with E-state index in [1.165, 1.54) is 0 Å². The van der Waals surface area contributed by atoms with Crippen molar-refractivity contribution in [1.82, 2.24) is 10.3 Å². The van der Waals surface area contributed by atoms with Gasteiger partial charge < -0.3 is 10.1 Å². The minimum atomic E-state index is -0.499. The zero-order valence-electron chi connectivity index (χ0n) is 14.5. The molecule has 0 radical (unpaired) electrons. The molecule has 1 amide bonds. The van der Waals surface area contributed by atoms with Crippen LogP contribution >= 0.6 is 11.3 Å². The zero-order valence-corrected chi connectivity index (χ0v) is 15.3. The highest BCUT2D eigenvalue weighted by atomic mass is 32.1. The minimum Gasteiger partial charge on any atom is -0.381 e. The van der Waals surface area contributed by atoms with Crippen LogP contribution in [-0.2, 0) is 14.9 Å². The first-order valence-corrected chi connectivity index (χ1v) is 9.23. The molecule has 0 aliphatic carbocycles. The summed E-state index contributed by atoms with van der Waals surface area (Å²) in [6.07, 6.45) is 1.44. The lowest BCUT2D eigenvalue weighted by Crippen LogP contribution is -2.48. The largest absolute Gasteiger partial charge is 0.381 e. The number of nitrogens with zero attached hydrogens (tertiary/aromatic N) is 1. The SMILES string of the molecule is Cc1nc(C)c(C(C)NC(=O)C2(c3ccccc3)CCOCC2)s1. The Kier molecular flexibility index (Phi) is 5.01. The molecule has 4 nitrogen and oxygen atoms in total. The fraction of sp³-hybridized carbons (Fsp3) is 0.474. The normalized spacial score (nSPS) is 18.1. The number of carbonyl (C=O) groups is 1. The van der Waals surface area contributed by atoms with Crippen LogP contribution in [0, 0.1) is 13.8 Å². The molecule has 2 aromatic rings. The molecule has 128 valence electrons. The standard InChI is InChI=1S/C19H24N2O2S/c1-13-17(24-15(3)20-13)14(2)21-18(22)19(9-11-23-12-10-19)16-7-5-4-6-8-16/h4-8,14H,9-12H2,1-3H3,(H,21,22). The van der Waals surface area contributed by atoms with E-state index in [9.17, 15) is 4.79 Å². The van der Waals surface area contributed by atoms with Gasteiger partial charge in [-0.1, -0.05) is 30.3 Å². The summed E-state index contributed by atoms with van der Waals surface area (Å²) in [5.41, 5.74) is 1.59. The van der Waals surface area contributed by atoms with Gasteiger partial charge in [0, 0.05) is 18.1 Å². The predicted molar refractivity (Wildman–Crippen MR) is 96.3 cm³/mol. The molecule has 2 heterocycles. The van der Waals surface area contributed by atoms with Crippen LogP contribution in [0.25, 0.3) is 0 Å². The average Bonchev–Trinajstić information content (AvgIpc) is 2.94. The summed E-state index contributed by atoms with van der Waals surface area (Å²) in [6, 6.07) is 10.1. The van der Waals surface area contributed by atoms with Crippen molar-refractivity contribution in [3.63, 3.8) is 0 Å². The maximum Gasteiger partial charge on any atom is 0.231 e. The number of amides is 1. The van der Waals surface area contributed by atoms with Crippen molar-refractivity contribution in [3.05, 3.63) is 51.5 Å². The maximum atomic E-state index is 13.2. The monoisotopic (exact) mass is 344 g/mol. The summed E-state index contributed by atoms with van der Waals surface area (Å²) in [5, 5.41) is 4.27. The van der Waals surface area contributed by atoms with E-state index < -0.39 is 5.41 Å². The number of hydrogen-bond donors (Lipinski definition) is 1. The van der Waals surface area contributed by atoms with Gasteiger partial charge in [0.15, 0.2) is 0 Å². The van der Waals surface area contributed by atoms with Gasteiger partial charge in [-0.15, -0.1) is 11.3 Å². The highest BCUT2D eigenvalue weighted by Gasteiger charge is 2.42. The highest BCUT2D eigenvalue weighted by molar-refractivity contribution is 7.11. The number of thiazole rings is 1. The Bertz CT molecular complexity index is 705. The molecule has 1 aromatic heterocycles. The summed E-state index contributed by atoms with van der Waals surface area (Å²) >= 11 is 1.66. The van der Waals surface area contributed by atoms with E-state index in [-0.39, 0.29) is 11.9 Å². The topological polar surface area (TPSA) is 51.2 Å². The molecule has 0 bridgehead atoms. The third kappa shape index (κ3) is 3.23. The number of nitrogens with one attached hydrogen (secondary N) is 1. The van der Waals surface area contributed by atoms with Crippen LogP contribution in [0.4, 0.5) is 0 Å². The molecular formula is C19H24N2O2S. The van der Waals surface area contributed by atoms with Crippen molar-refractivity contribution < 1.29 is 9.53 Å². The molecule has 1 atom stereocenters. The molecule has 5 heteroatoms. The second-order valence-corrected chi connectivity index (χ2v) is 7.67. The van der Waals surface area contributed by atoms with E-state index in [0.717, 1.165) is 34.0 Å². The maximum absolute atomic E-state index is 13.2. The predicted octanol–water partition coefficient (Wildman–Crippen LogP) is 3.69. The first-order chi connectivity index (χ1) is 11.5. The van der Waals surface area contributed by atoms with Gasteiger partial charge in [-0.2, -0.15) is 0 Å². The van der Waals surface area contributed by atoms with Gasteiger partial charge in [-0.05, 0) is 39.2 Å². The lowest BCUT2D eigenvalue weighted by atomic mass is 9.73. The van der Waals surface area contributed by atoms with E-state index in [2.05, 4.69) is 22.4 Å². The van der Waals surface area contributed by atoms with Gasteiger partial charge in [0.05, 0.1) is 22.2 Å². The van der Waals surface area contributed by atoms with Gasteiger partial charge in [0.25, 0.3) is 0 Å². The Balaban J connectivity index is 1.86. The summed E-state index contributed by atoms with van der Waals surface area (Å²) < 4.78 is 5.52. The van der Waals surface area contributed by atoms with Crippen LogP contribution in [-0.4, -0.2) is 24.1 Å². The van der Waals surface area contributed by atoms with Crippen molar-refractivity contribution in [2.24, 2.45) is 0 Å². The molecule has 3 rings (SSSR count). The number of aryl methyl sites for hydroxylation is 2. The van der Waals surface area contributed by atoms with Gasteiger partial charge in [-0.25, -0.2) is 4.98 Å². The third-order valence-corrected chi connectivity index (χ3v) is 6.04. The lowest BCUT2D eigenvalue weighted by molar-refractivity contribution is -0.131. The molecule has 1 fully saturated rings. The summed E-state index contributed by atoms with van der Waals surface area (Å²) in [7, 11) is 0. The van der Waals surface area contributed by atoms with Gasteiger partial charge in [0.2, 0.25) is 5.91 Å². The Morgan fingerprint density at radius 3 is 2.50 bits per heavy atom. The van der Waals surface area contributed by atoms with Crippen LogP contribution in [0.3, 0.4) is 0 Å². The van der Waals surface area contributed by atoms with E-state index >= 15 is 0 Å². The quantitative estimate of drug-likeness (QED) is 0.920. The number of benzene rings is 1. The molecule has 1 aromatic carbocycles. The second kappa shape index (κ2) is 7.03. The summed E-state index contributed by atoms with van der Waals surface area (Å²) in [4.78, 5) is 18.8. The fourth-order valence-electron chi connectivity index (χ4n) is 3.47. The zero-order chi connectivity index (χ0) is 17.2. The third-order valence-electron chi connectivity index (χ3n) is 4.79. The minimum absolute atomic E-state index is 0.0351. The smallest absolute Gasteiger partial charge is 0.231 e. The van der Waals surface area contributed by atoms with Crippen molar-refractivity contribution in [2.75, 3.05) is 13.2 Å². The van der Waals surface area contributed by atoms with Crippen molar-refractivity contribution >= 4 is 17.2 Å². The molecule has 0 saturated carbocycles. The Morgan fingerprint density at radius 2 is 1.92 bits per heavy atom. The van der Waals surface area contributed by atoms with Gasteiger partial charge >= 0.3 is 0 Å². The number of aromatic nitrogens is 1. The molecule has 1 saturated heterocycles. The van der Waals surface area contributed by atoms with Crippen LogP contribution in [0.1, 0.15) is 46.9 Å². The van der Waals surface area contributed by atoms with Gasteiger partial charge in [0.1, 0.15) is 0 Å². The van der Waals surface area contributed by atoms with Crippen molar-refractivity contribution in [1.29, 1.82) is 0 Å². The first kappa shape index (κ1) is 17.1. The van der Waals surface area contributed by atoms with Gasteiger partial charge in [-0.3, -0.25) is 4.79 Å². The average molecular weight is 344 g/mol. The Hall–Kier alpha value is -1.72. The Morgan fingerprint density at radius 1 is 1.25 bits per heavy atom. The first-order valence-electron chi connectivity index (χ1n) is 8.41. The molecule has 0 spiro atoms. The number of ether oxygens (including phenoxy) is 1. The highest BCUT2D eigenvalue weighted by Crippen LogP contribution is 2.36. The number of rotatable bonds is 4. The van der Waals surface area contributed by atoms with Crippen molar-refractivity contribution in [3.8, 4) is 0 Å². The molecular weight excluding hydrogens is 320 g/mol. The lowest BCUT2D eigenvalue weighted by Gasteiger charge is -2.37. The molecule has 1 aliphatic heterocycles. The Labute approximate surface area is 147 Å². The van der Waals surface area contributed by atoms with Crippen molar-refractivity contribution in [2.45, 2.75) is 45.1 Å². The van der Waals surface area contributed by atoms with E-state index in [1.807, 2.05) is 39.0 Å². The fourth-order valence-corrected chi connectivity index (χ4v) is 4.40. The molecule has 1 unspecified atom stereocenters. The van der Waals surface area contributed by atoms with E-state index in [0.29, 0.717) is 13.2 Å². The molecule has 24 heavy (non-hydrogen) atoms. The molecule has 1 aliphatic rings. The number of carbonyl (C=O) groups excluding carboxylic acids is 1. The summed E-state index contributed by atoms with van der Waals surface area (Å²) in [5.74, 6) is 0.0925. The van der Waals surface area contributed by atoms with Crippen LogP contribution in [0.15, 0.2) is 30.3 Å². The van der Waals surface area contributed by atoms with Crippen LogP contribution < -0.4 is 5.32 Å². The molecule has 1 N–H and O–H groups in total. The van der Waals surface area contributed by atoms with Crippen LogP contribution in [0.5, 0.6) is 0 Å². The van der Waals surface area contributed by atoms with E-state index in [1.54, 1.807) is 11.3 Å². The van der Waals surface area contributed by atoms with Crippen LogP contribution in [0.2, 0.25) is 0 Å². The second-order valence-electron chi connectivity index (χ2n) is 6.44. The number of hydrogen-bond acceptors (Lipinski definition) is 4.